The molecule has 0 radical (unpaired) electrons. The van der Waals surface area contributed by atoms with Gasteiger partial charge in [0.05, 0.1) is 15.9 Å². The van der Waals surface area contributed by atoms with Crippen molar-refractivity contribution in [3.05, 3.63) is 45.5 Å². The Kier molecular flexibility index (Phi) is 5.05. The van der Waals surface area contributed by atoms with Gasteiger partial charge in [0.15, 0.2) is 5.82 Å². The van der Waals surface area contributed by atoms with E-state index in [0.717, 1.165) is 44.1 Å². The molecule has 3 rings (SSSR count). The fourth-order valence-electron chi connectivity index (χ4n) is 3.13. The SMILES string of the molecule is Cc1ccc(S(=O)(=O)N[C@@H](C)c2nnc3n2CCCCC3)cc1[N+](=O)[O-]. The third-order valence-corrected chi connectivity index (χ3v) is 6.08. The van der Waals surface area contributed by atoms with Crippen LogP contribution in [0, 0.1) is 17.0 Å². The van der Waals surface area contributed by atoms with Crippen LogP contribution in [0.1, 0.15) is 49.4 Å². The lowest BCUT2D eigenvalue weighted by atomic mass is 10.2. The van der Waals surface area contributed by atoms with Gasteiger partial charge in [0.25, 0.3) is 5.69 Å². The molecule has 0 fully saturated rings. The van der Waals surface area contributed by atoms with Gasteiger partial charge >= 0.3 is 0 Å². The van der Waals surface area contributed by atoms with Crippen LogP contribution >= 0.6 is 0 Å². The summed E-state index contributed by atoms with van der Waals surface area (Å²) in [6.45, 7) is 4.03. The van der Waals surface area contributed by atoms with E-state index < -0.39 is 21.0 Å². The van der Waals surface area contributed by atoms with Gasteiger partial charge in [0, 0.05) is 24.6 Å². The van der Waals surface area contributed by atoms with Crippen molar-refractivity contribution in [1.29, 1.82) is 0 Å². The van der Waals surface area contributed by atoms with Crippen LogP contribution in [0.2, 0.25) is 0 Å². The van der Waals surface area contributed by atoms with Gasteiger partial charge in [-0.05, 0) is 32.8 Å². The zero-order valence-corrected chi connectivity index (χ0v) is 15.5. The number of rotatable bonds is 5. The summed E-state index contributed by atoms with van der Waals surface area (Å²) >= 11 is 0. The molecule has 2 heterocycles. The summed E-state index contributed by atoms with van der Waals surface area (Å²) in [5.74, 6) is 1.43. The molecule has 1 aromatic heterocycles. The molecule has 1 aromatic carbocycles. The minimum absolute atomic E-state index is 0.141. The van der Waals surface area contributed by atoms with Crippen molar-refractivity contribution in [1.82, 2.24) is 19.5 Å². The second kappa shape index (κ2) is 7.12. The number of nitrogens with one attached hydrogen (secondary N) is 1. The first-order valence-corrected chi connectivity index (χ1v) is 9.97. The van der Waals surface area contributed by atoms with Crippen molar-refractivity contribution in [2.24, 2.45) is 0 Å². The van der Waals surface area contributed by atoms with E-state index in [1.165, 1.54) is 12.1 Å². The van der Waals surface area contributed by atoms with Crippen LogP contribution < -0.4 is 4.72 Å². The molecule has 140 valence electrons. The largest absolute Gasteiger partial charge is 0.314 e. The number of hydrogen-bond acceptors (Lipinski definition) is 6. The monoisotopic (exact) mass is 379 g/mol. The Morgan fingerprint density at radius 3 is 2.77 bits per heavy atom. The van der Waals surface area contributed by atoms with Crippen molar-refractivity contribution in [3.8, 4) is 0 Å². The predicted molar refractivity (Wildman–Crippen MR) is 94.1 cm³/mol. The summed E-state index contributed by atoms with van der Waals surface area (Å²) in [6, 6.07) is 3.27. The van der Waals surface area contributed by atoms with Gasteiger partial charge < -0.3 is 4.57 Å². The van der Waals surface area contributed by atoms with Gasteiger partial charge in [-0.15, -0.1) is 10.2 Å². The summed E-state index contributed by atoms with van der Waals surface area (Å²) in [7, 11) is -3.93. The molecule has 0 saturated heterocycles. The van der Waals surface area contributed by atoms with Crippen molar-refractivity contribution < 1.29 is 13.3 Å². The van der Waals surface area contributed by atoms with Gasteiger partial charge in [-0.2, -0.15) is 0 Å². The standard InChI is InChI=1S/C16H21N5O4S/c1-11-7-8-13(10-14(11)21(22)23)26(24,25)19-12(2)16-18-17-15-6-4-3-5-9-20(15)16/h7-8,10,12,19H,3-6,9H2,1-2H3/t12-/m0/s1. The normalized spacial score (nSPS) is 15.9. The first-order chi connectivity index (χ1) is 12.3. The lowest BCUT2D eigenvalue weighted by Gasteiger charge is -2.15. The fourth-order valence-corrected chi connectivity index (χ4v) is 4.36. The molecule has 1 N–H and O–H groups in total. The van der Waals surface area contributed by atoms with E-state index in [0.29, 0.717) is 11.4 Å². The average Bonchev–Trinajstić information content (AvgIpc) is 2.83. The van der Waals surface area contributed by atoms with Gasteiger partial charge in [-0.25, -0.2) is 13.1 Å². The Bertz CT molecular complexity index is 938. The molecule has 0 saturated carbocycles. The molecule has 10 heteroatoms. The average molecular weight is 379 g/mol. The third-order valence-electron chi connectivity index (χ3n) is 4.54. The molecule has 0 amide bonds. The number of benzene rings is 1. The molecule has 0 spiro atoms. The zero-order valence-electron chi connectivity index (χ0n) is 14.7. The van der Waals surface area contributed by atoms with Crippen LogP contribution in [-0.2, 0) is 23.0 Å². The Balaban J connectivity index is 1.87. The Morgan fingerprint density at radius 2 is 2.04 bits per heavy atom. The topological polar surface area (TPSA) is 120 Å². The van der Waals surface area contributed by atoms with Gasteiger partial charge in [0.2, 0.25) is 10.0 Å². The lowest BCUT2D eigenvalue weighted by molar-refractivity contribution is -0.385. The number of hydrogen-bond donors (Lipinski definition) is 1. The highest BCUT2D eigenvalue weighted by Crippen LogP contribution is 2.24. The predicted octanol–water partition coefficient (Wildman–Crippen LogP) is 2.26. The second-order valence-corrected chi connectivity index (χ2v) is 8.20. The van der Waals surface area contributed by atoms with Gasteiger partial charge in [0.1, 0.15) is 5.82 Å². The fraction of sp³-hybridized carbons (Fsp3) is 0.500. The van der Waals surface area contributed by atoms with Crippen molar-refractivity contribution in [3.63, 3.8) is 0 Å². The van der Waals surface area contributed by atoms with Crippen LogP contribution in [0.25, 0.3) is 0 Å². The quantitative estimate of drug-likeness (QED) is 0.628. The first kappa shape index (κ1) is 18.5. The van der Waals surface area contributed by atoms with Crippen LogP contribution in [0.5, 0.6) is 0 Å². The number of nitrogens with zero attached hydrogens (tertiary/aromatic N) is 4. The van der Waals surface area contributed by atoms with Crippen LogP contribution in [-0.4, -0.2) is 28.1 Å². The third kappa shape index (κ3) is 3.61. The van der Waals surface area contributed by atoms with E-state index in [1.54, 1.807) is 13.8 Å². The molecule has 0 bridgehead atoms. The summed E-state index contributed by atoms with van der Waals surface area (Å²) in [5, 5.41) is 19.4. The maximum atomic E-state index is 12.7. The number of nitro benzene ring substituents is 1. The highest BCUT2D eigenvalue weighted by Gasteiger charge is 2.26. The molecule has 1 atom stereocenters. The number of aromatic nitrogens is 3. The number of sulfonamides is 1. The van der Waals surface area contributed by atoms with Gasteiger partial charge in [-0.1, -0.05) is 12.5 Å². The number of aryl methyl sites for hydroxylation is 2. The Labute approximate surface area is 151 Å². The van der Waals surface area contributed by atoms with Crippen molar-refractivity contribution in [2.75, 3.05) is 0 Å². The van der Waals surface area contributed by atoms with Crippen LogP contribution in [0.4, 0.5) is 5.69 Å². The van der Waals surface area contributed by atoms with Crippen molar-refractivity contribution >= 4 is 15.7 Å². The van der Waals surface area contributed by atoms with Crippen LogP contribution in [0.15, 0.2) is 23.1 Å². The second-order valence-electron chi connectivity index (χ2n) is 6.49. The van der Waals surface area contributed by atoms with E-state index in [4.69, 9.17) is 0 Å². The van der Waals surface area contributed by atoms with E-state index in [2.05, 4.69) is 14.9 Å². The van der Waals surface area contributed by atoms with E-state index in [1.807, 2.05) is 4.57 Å². The van der Waals surface area contributed by atoms with Crippen LogP contribution in [0.3, 0.4) is 0 Å². The molecule has 0 unspecified atom stereocenters. The zero-order chi connectivity index (χ0) is 18.9. The molecule has 26 heavy (non-hydrogen) atoms. The molecule has 2 aromatic rings. The molecule has 1 aliphatic rings. The number of nitro groups is 1. The van der Waals surface area contributed by atoms with Crippen molar-refractivity contribution in [2.45, 2.75) is 57.0 Å². The van der Waals surface area contributed by atoms with Gasteiger partial charge in [-0.3, -0.25) is 10.1 Å². The Hall–Kier alpha value is -2.33. The van der Waals surface area contributed by atoms with E-state index in [9.17, 15) is 18.5 Å². The lowest BCUT2D eigenvalue weighted by Crippen LogP contribution is -2.29. The minimum atomic E-state index is -3.93. The molecular weight excluding hydrogens is 358 g/mol. The molecular formula is C16H21N5O4S. The summed E-state index contributed by atoms with van der Waals surface area (Å²) < 4.78 is 29.9. The summed E-state index contributed by atoms with van der Waals surface area (Å²) in [4.78, 5) is 10.3. The first-order valence-electron chi connectivity index (χ1n) is 8.49. The maximum absolute atomic E-state index is 12.7. The minimum Gasteiger partial charge on any atom is -0.314 e. The number of fused-ring (bicyclic) bond motifs is 1. The Morgan fingerprint density at radius 1 is 1.27 bits per heavy atom. The smallest absolute Gasteiger partial charge is 0.273 e. The molecule has 1 aliphatic heterocycles. The molecule has 9 nitrogen and oxygen atoms in total. The van der Waals surface area contributed by atoms with E-state index in [-0.39, 0.29) is 10.6 Å². The summed E-state index contributed by atoms with van der Waals surface area (Å²) in [5.41, 5.74) is 0.182. The maximum Gasteiger partial charge on any atom is 0.273 e. The summed E-state index contributed by atoms with van der Waals surface area (Å²) in [6.07, 6.45) is 3.99. The van der Waals surface area contributed by atoms with E-state index >= 15 is 0 Å². The highest BCUT2D eigenvalue weighted by atomic mass is 32.2. The molecule has 0 aliphatic carbocycles. The highest BCUT2D eigenvalue weighted by molar-refractivity contribution is 7.89.